The molecule has 1 radical (unpaired) electrons. The van der Waals surface area contributed by atoms with Crippen LogP contribution in [-0.2, 0) is 23.5 Å². The number of aromatic nitrogens is 2. The quantitative estimate of drug-likeness (QED) is 0.375. The molecule has 0 aliphatic heterocycles. The maximum Gasteiger partial charge on any atom is 2.00 e. The number of hydrazone groups is 1. The molecule has 1 N–H and O–H groups in total. The average Bonchev–Trinajstić information content (AvgIpc) is 2.58. The number of thiocarbonyl (C=S) groups is 1. The summed E-state index contributed by atoms with van der Waals surface area (Å²) < 4.78 is 0. The molecule has 2 heterocycles. The first-order valence-corrected chi connectivity index (χ1v) is 7.44. The van der Waals surface area contributed by atoms with Crippen molar-refractivity contribution in [1.29, 1.82) is 0 Å². The second-order valence-corrected chi connectivity index (χ2v) is 5.21. The number of rotatable bonds is 5. The van der Waals surface area contributed by atoms with Crippen LogP contribution in [0.25, 0.3) is 0 Å². The van der Waals surface area contributed by atoms with E-state index in [0.717, 1.165) is 30.1 Å². The first-order valence-electron chi connectivity index (χ1n) is 7.03. The molecule has 123 valence electrons. The normalized spacial score (nSPS) is 10.6. The van der Waals surface area contributed by atoms with Crippen LogP contribution in [0.1, 0.15) is 18.3 Å². The summed E-state index contributed by atoms with van der Waals surface area (Å²) in [6, 6.07) is 11.6. The van der Waals surface area contributed by atoms with E-state index < -0.39 is 0 Å². The van der Waals surface area contributed by atoms with Crippen molar-refractivity contribution in [3.05, 3.63) is 60.2 Å². The predicted molar refractivity (Wildman–Crippen MR) is 92.8 cm³/mol. The van der Waals surface area contributed by atoms with Crippen LogP contribution in [0.4, 0.5) is 0 Å². The third-order valence-corrected chi connectivity index (χ3v) is 3.53. The third kappa shape index (κ3) is 6.44. The van der Waals surface area contributed by atoms with E-state index in [-0.39, 0.29) is 17.1 Å². The van der Waals surface area contributed by atoms with Gasteiger partial charge in [-0.3, -0.25) is 15.4 Å². The van der Waals surface area contributed by atoms with Gasteiger partial charge in [0, 0.05) is 38.1 Å². The van der Waals surface area contributed by atoms with Gasteiger partial charge in [-0.05, 0) is 43.4 Å². The number of nitrogens with zero attached hydrogens (tertiary/aromatic N) is 4. The second kappa shape index (κ2) is 10.0. The Morgan fingerprint density at radius 3 is 2.48 bits per heavy atom. The fourth-order valence-electron chi connectivity index (χ4n) is 1.78. The molecule has 0 saturated carbocycles. The van der Waals surface area contributed by atoms with E-state index in [2.05, 4.69) is 20.5 Å². The van der Waals surface area contributed by atoms with Gasteiger partial charge < -0.3 is 4.90 Å². The van der Waals surface area contributed by atoms with Crippen molar-refractivity contribution in [2.75, 3.05) is 13.6 Å². The third-order valence-electron chi connectivity index (χ3n) is 3.13. The second-order valence-electron chi connectivity index (χ2n) is 4.82. The van der Waals surface area contributed by atoms with Gasteiger partial charge in [-0.15, -0.1) is 0 Å². The Hall–Kier alpha value is -1.82. The number of hydrogen-bond acceptors (Lipinski definition) is 4. The van der Waals surface area contributed by atoms with Crippen LogP contribution in [0.15, 0.2) is 53.9 Å². The minimum Gasteiger partial charge on any atom is -0.351 e. The predicted octanol–water partition coefficient (Wildman–Crippen LogP) is 2.25. The molecule has 0 spiro atoms. The zero-order chi connectivity index (χ0) is 15.8. The Kier molecular flexibility index (Phi) is 8.40. The summed E-state index contributed by atoms with van der Waals surface area (Å²) >= 11 is 5.33. The van der Waals surface area contributed by atoms with Crippen LogP contribution in [0.2, 0.25) is 0 Å². The Morgan fingerprint density at radius 1 is 1.17 bits per heavy atom. The van der Waals surface area contributed by atoms with Gasteiger partial charge in [-0.2, -0.15) is 5.10 Å². The van der Waals surface area contributed by atoms with Gasteiger partial charge in [0.2, 0.25) is 0 Å². The molecule has 23 heavy (non-hydrogen) atoms. The smallest absolute Gasteiger partial charge is 0.351 e. The summed E-state index contributed by atoms with van der Waals surface area (Å²) in [6.45, 7) is 2.67. The molecule has 0 aliphatic rings. The fraction of sp³-hybridized carbons (Fsp3) is 0.250. The van der Waals surface area contributed by atoms with Gasteiger partial charge >= 0.3 is 17.1 Å². The summed E-state index contributed by atoms with van der Waals surface area (Å²) in [5, 5.41) is 4.85. The molecule has 5 nitrogen and oxygen atoms in total. The van der Waals surface area contributed by atoms with Gasteiger partial charge in [-0.25, -0.2) is 0 Å². The monoisotopic (exact) mass is 376 g/mol. The van der Waals surface area contributed by atoms with Crippen LogP contribution in [0.5, 0.6) is 0 Å². The Labute approximate surface area is 152 Å². The zero-order valence-corrected chi connectivity index (χ0v) is 14.8. The molecule has 0 aliphatic carbocycles. The van der Waals surface area contributed by atoms with E-state index in [1.807, 2.05) is 55.3 Å². The van der Waals surface area contributed by atoms with Gasteiger partial charge in [0.05, 0.1) is 11.4 Å². The van der Waals surface area contributed by atoms with E-state index >= 15 is 0 Å². The molecule has 0 bridgehead atoms. The molecule has 2 aromatic rings. The minimum atomic E-state index is 0. The summed E-state index contributed by atoms with van der Waals surface area (Å²) in [4.78, 5) is 10.5. The van der Waals surface area contributed by atoms with Crippen molar-refractivity contribution in [2.24, 2.45) is 5.10 Å². The molecule has 0 saturated heterocycles. The first kappa shape index (κ1) is 19.2. The maximum atomic E-state index is 5.33. The van der Waals surface area contributed by atoms with Crippen molar-refractivity contribution < 1.29 is 17.1 Å². The van der Waals surface area contributed by atoms with E-state index in [1.54, 1.807) is 12.4 Å². The van der Waals surface area contributed by atoms with E-state index in [9.17, 15) is 0 Å². The van der Waals surface area contributed by atoms with Crippen molar-refractivity contribution in [3.63, 3.8) is 0 Å². The average molecular weight is 377 g/mol. The number of nitrogens with one attached hydrogen (secondary N) is 1. The summed E-state index contributed by atoms with van der Waals surface area (Å²) in [6.07, 6.45) is 4.38. The van der Waals surface area contributed by atoms with Gasteiger partial charge in [0.15, 0.2) is 5.11 Å². The first-order chi connectivity index (χ1) is 10.7. The van der Waals surface area contributed by atoms with Crippen LogP contribution in [0.3, 0.4) is 0 Å². The Morgan fingerprint density at radius 2 is 1.87 bits per heavy atom. The molecular formula is C16H19CuN5S+2. The van der Waals surface area contributed by atoms with Gasteiger partial charge in [-0.1, -0.05) is 12.1 Å². The Balaban J connectivity index is 0.00000264. The van der Waals surface area contributed by atoms with Crippen molar-refractivity contribution in [1.82, 2.24) is 20.3 Å². The van der Waals surface area contributed by atoms with Gasteiger partial charge in [0.25, 0.3) is 0 Å². The molecule has 7 heteroatoms. The number of pyridine rings is 2. The molecule has 0 unspecified atom stereocenters. The van der Waals surface area contributed by atoms with Crippen LogP contribution in [-0.4, -0.2) is 39.3 Å². The summed E-state index contributed by atoms with van der Waals surface area (Å²) in [5.41, 5.74) is 5.57. The van der Waals surface area contributed by atoms with E-state index in [0.29, 0.717) is 5.11 Å². The molecule has 0 aromatic carbocycles. The largest absolute Gasteiger partial charge is 2.00 e. The molecule has 2 rings (SSSR count). The minimum absolute atomic E-state index is 0. The van der Waals surface area contributed by atoms with Crippen molar-refractivity contribution >= 4 is 23.0 Å². The number of likely N-dealkylation sites (N-methyl/N-ethyl adjacent to an activating group) is 1. The number of hydrogen-bond donors (Lipinski definition) is 1. The zero-order valence-electron chi connectivity index (χ0n) is 13.0. The van der Waals surface area contributed by atoms with Crippen molar-refractivity contribution in [3.8, 4) is 0 Å². The maximum absolute atomic E-state index is 5.33. The fourth-order valence-corrected chi connectivity index (χ4v) is 1.92. The molecule has 2 aromatic heterocycles. The molecule has 0 amide bonds. The Bertz CT molecular complexity index is 633. The molecule has 0 fully saturated rings. The van der Waals surface area contributed by atoms with Gasteiger partial charge in [0.1, 0.15) is 0 Å². The van der Waals surface area contributed by atoms with Crippen LogP contribution >= 0.6 is 12.2 Å². The SMILES string of the molecule is CC(=NNC(=S)N(C)CCc1ccccn1)c1ccccn1.[Cu+2]. The van der Waals surface area contributed by atoms with Crippen LogP contribution in [0, 0.1) is 0 Å². The standard InChI is InChI=1S/C16H19N5S.Cu/c1-13(15-8-4-6-11-18-15)19-20-16(22)21(2)12-9-14-7-3-5-10-17-14;/h3-8,10-11H,9,12H2,1-2H3,(H,20,22);/q;+2. The topological polar surface area (TPSA) is 53.4 Å². The summed E-state index contributed by atoms with van der Waals surface area (Å²) in [5.74, 6) is 0. The van der Waals surface area contributed by atoms with E-state index in [1.165, 1.54) is 0 Å². The summed E-state index contributed by atoms with van der Waals surface area (Å²) in [7, 11) is 1.93. The molecule has 0 atom stereocenters. The van der Waals surface area contributed by atoms with Crippen molar-refractivity contribution in [2.45, 2.75) is 13.3 Å². The van der Waals surface area contributed by atoms with E-state index in [4.69, 9.17) is 12.2 Å². The molecular weight excluding hydrogens is 358 g/mol. The van der Waals surface area contributed by atoms with Crippen LogP contribution < -0.4 is 5.43 Å².